The number of carbonyl (C=O) groups is 2. The molecule has 1 aliphatic carbocycles. The lowest BCUT2D eigenvalue weighted by Crippen LogP contribution is -2.48. The maximum Gasteiger partial charge on any atom is 0.241 e. The van der Waals surface area contributed by atoms with Gasteiger partial charge in [0.1, 0.15) is 0 Å². The van der Waals surface area contributed by atoms with Crippen LogP contribution < -0.4 is 10.6 Å². The standard InChI is InChI=1S/C13H23N3O2/c1-10(17)14-9-13(18)16-6-4-12(5-7-16)15-8-11-2-3-11/h11-12,15H,2-9H2,1H3,(H,14,17). The van der Waals surface area contributed by atoms with E-state index in [1.807, 2.05) is 4.90 Å². The third-order valence-corrected chi connectivity index (χ3v) is 3.73. The van der Waals surface area contributed by atoms with Crippen molar-refractivity contribution in [2.45, 2.75) is 38.6 Å². The van der Waals surface area contributed by atoms with E-state index in [0.717, 1.165) is 38.4 Å². The Morgan fingerprint density at radius 2 is 1.83 bits per heavy atom. The van der Waals surface area contributed by atoms with Crippen LogP contribution in [0.5, 0.6) is 0 Å². The Balaban J connectivity index is 1.62. The first-order chi connectivity index (χ1) is 8.65. The van der Waals surface area contributed by atoms with Gasteiger partial charge in [-0.05, 0) is 38.1 Å². The lowest BCUT2D eigenvalue weighted by Gasteiger charge is -2.32. The van der Waals surface area contributed by atoms with Crippen molar-refractivity contribution in [3.63, 3.8) is 0 Å². The third-order valence-electron chi connectivity index (χ3n) is 3.73. The number of piperidine rings is 1. The van der Waals surface area contributed by atoms with Gasteiger partial charge in [0.2, 0.25) is 11.8 Å². The van der Waals surface area contributed by atoms with E-state index < -0.39 is 0 Å². The van der Waals surface area contributed by atoms with Crippen LogP contribution in [-0.2, 0) is 9.59 Å². The molecule has 5 nitrogen and oxygen atoms in total. The average molecular weight is 253 g/mol. The lowest BCUT2D eigenvalue weighted by atomic mass is 10.0. The molecule has 1 heterocycles. The van der Waals surface area contributed by atoms with Gasteiger partial charge in [0, 0.05) is 26.1 Å². The van der Waals surface area contributed by atoms with Gasteiger partial charge >= 0.3 is 0 Å². The van der Waals surface area contributed by atoms with Crippen molar-refractivity contribution in [1.29, 1.82) is 0 Å². The molecule has 2 fully saturated rings. The third kappa shape index (κ3) is 4.29. The van der Waals surface area contributed by atoms with E-state index in [-0.39, 0.29) is 18.4 Å². The largest absolute Gasteiger partial charge is 0.347 e. The van der Waals surface area contributed by atoms with Gasteiger partial charge in [0.15, 0.2) is 0 Å². The van der Waals surface area contributed by atoms with Crippen LogP contribution >= 0.6 is 0 Å². The van der Waals surface area contributed by atoms with E-state index in [0.29, 0.717) is 6.04 Å². The molecule has 0 aromatic rings. The summed E-state index contributed by atoms with van der Waals surface area (Å²) in [7, 11) is 0. The first kappa shape index (κ1) is 13.3. The van der Waals surface area contributed by atoms with Gasteiger partial charge in [-0.1, -0.05) is 0 Å². The fraction of sp³-hybridized carbons (Fsp3) is 0.846. The van der Waals surface area contributed by atoms with E-state index in [4.69, 9.17) is 0 Å². The topological polar surface area (TPSA) is 61.4 Å². The predicted molar refractivity (Wildman–Crippen MR) is 69.0 cm³/mol. The van der Waals surface area contributed by atoms with Crippen LogP contribution in [0.2, 0.25) is 0 Å². The number of hydrogen-bond acceptors (Lipinski definition) is 3. The molecule has 102 valence electrons. The summed E-state index contributed by atoms with van der Waals surface area (Å²) in [4.78, 5) is 24.4. The van der Waals surface area contributed by atoms with Gasteiger partial charge in [0.05, 0.1) is 6.54 Å². The molecule has 0 radical (unpaired) electrons. The van der Waals surface area contributed by atoms with Crippen LogP contribution in [0.1, 0.15) is 32.6 Å². The molecule has 2 aliphatic rings. The number of hydrogen-bond donors (Lipinski definition) is 2. The molecule has 1 saturated carbocycles. The van der Waals surface area contributed by atoms with Gasteiger partial charge in [-0.15, -0.1) is 0 Å². The zero-order valence-corrected chi connectivity index (χ0v) is 11.1. The zero-order valence-electron chi connectivity index (χ0n) is 11.1. The van der Waals surface area contributed by atoms with Crippen LogP contribution in [0.15, 0.2) is 0 Å². The van der Waals surface area contributed by atoms with Crippen molar-refractivity contribution >= 4 is 11.8 Å². The molecular weight excluding hydrogens is 230 g/mol. The number of nitrogens with one attached hydrogen (secondary N) is 2. The molecule has 0 unspecified atom stereocenters. The van der Waals surface area contributed by atoms with Gasteiger partial charge in [-0.3, -0.25) is 9.59 Å². The number of rotatable bonds is 5. The molecule has 0 aromatic heterocycles. The quantitative estimate of drug-likeness (QED) is 0.731. The first-order valence-electron chi connectivity index (χ1n) is 6.90. The maximum atomic E-state index is 11.8. The molecule has 1 saturated heterocycles. The summed E-state index contributed by atoms with van der Waals surface area (Å²) in [5, 5.41) is 6.14. The summed E-state index contributed by atoms with van der Waals surface area (Å²) in [5.74, 6) is 0.791. The van der Waals surface area contributed by atoms with Crippen LogP contribution in [0.25, 0.3) is 0 Å². The van der Waals surface area contributed by atoms with E-state index >= 15 is 0 Å². The molecule has 0 aromatic carbocycles. The fourth-order valence-electron chi connectivity index (χ4n) is 2.30. The molecule has 18 heavy (non-hydrogen) atoms. The van der Waals surface area contributed by atoms with E-state index in [1.54, 1.807) is 0 Å². The summed E-state index contributed by atoms with van der Waals surface area (Å²) in [5.41, 5.74) is 0. The van der Waals surface area contributed by atoms with Crippen LogP contribution in [0.4, 0.5) is 0 Å². The van der Waals surface area contributed by atoms with Crippen LogP contribution in [0, 0.1) is 5.92 Å². The molecule has 0 bridgehead atoms. The van der Waals surface area contributed by atoms with E-state index in [9.17, 15) is 9.59 Å². The fourth-order valence-corrected chi connectivity index (χ4v) is 2.30. The second-order valence-electron chi connectivity index (χ2n) is 5.42. The molecule has 1 aliphatic heterocycles. The van der Waals surface area contributed by atoms with E-state index in [2.05, 4.69) is 10.6 Å². The molecule has 2 rings (SSSR count). The second kappa shape index (κ2) is 6.18. The zero-order chi connectivity index (χ0) is 13.0. The van der Waals surface area contributed by atoms with E-state index in [1.165, 1.54) is 19.8 Å². The van der Waals surface area contributed by atoms with Crippen molar-refractivity contribution in [2.24, 2.45) is 5.92 Å². The van der Waals surface area contributed by atoms with Gasteiger partial charge in [-0.25, -0.2) is 0 Å². The highest BCUT2D eigenvalue weighted by Crippen LogP contribution is 2.28. The Hall–Kier alpha value is -1.10. The summed E-state index contributed by atoms with van der Waals surface area (Å²) in [6.45, 7) is 4.32. The molecule has 2 N–H and O–H groups in total. The van der Waals surface area contributed by atoms with Crippen LogP contribution in [-0.4, -0.2) is 48.9 Å². The highest BCUT2D eigenvalue weighted by Gasteiger charge is 2.25. The molecule has 5 heteroatoms. The lowest BCUT2D eigenvalue weighted by molar-refractivity contribution is -0.133. The molecule has 0 atom stereocenters. The van der Waals surface area contributed by atoms with Crippen molar-refractivity contribution in [2.75, 3.05) is 26.2 Å². The molecule has 2 amide bonds. The van der Waals surface area contributed by atoms with Gasteiger partial charge < -0.3 is 15.5 Å². The highest BCUT2D eigenvalue weighted by atomic mass is 16.2. The highest BCUT2D eigenvalue weighted by molar-refractivity contribution is 5.83. The number of carbonyl (C=O) groups excluding carboxylic acids is 2. The SMILES string of the molecule is CC(=O)NCC(=O)N1CCC(NCC2CC2)CC1. The van der Waals surface area contributed by atoms with Crippen LogP contribution in [0.3, 0.4) is 0 Å². The smallest absolute Gasteiger partial charge is 0.241 e. The molecular formula is C13H23N3O2. The minimum atomic E-state index is -0.149. The summed E-state index contributed by atoms with van der Waals surface area (Å²) in [6, 6.07) is 0.565. The molecule has 0 spiro atoms. The maximum absolute atomic E-state index is 11.8. The predicted octanol–water partition coefficient (Wildman–Crippen LogP) is 0.113. The van der Waals surface area contributed by atoms with Gasteiger partial charge in [0.25, 0.3) is 0 Å². The first-order valence-corrected chi connectivity index (χ1v) is 6.90. The number of likely N-dealkylation sites (tertiary alicyclic amines) is 1. The minimum absolute atomic E-state index is 0.0332. The number of nitrogens with zero attached hydrogens (tertiary/aromatic N) is 1. The van der Waals surface area contributed by atoms with Crippen molar-refractivity contribution in [1.82, 2.24) is 15.5 Å². The van der Waals surface area contributed by atoms with Crippen molar-refractivity contribution in [3.8, 4) is 0 Å². The number of amides is 2. The summed E-state index contributed by atoms with van der Waals surface area (Å²) < 4.78 is 0. The van der Waals surface area contributed by atoms with Crippen molar-refractivity contribution < 1.29 is 9.59 Å². The average Bonchev–Trinajstić information content (AvgIpc) is 3.18. The second-order valence-corrected chi connectivity index (χ2v) is 5.42. The Morgan fingerprint density at radius 3 is 2.39 bits per heavy atom. The van der Waals surface area contributed by atoms with Gasteiger partial charge in [-0.2, -0.15) is 0 Å². The normalized spacial score (nSPS) is 20.8. The monoisotopic (exact) mass is 253 g/mol. The summed E-state index contributed by atoms with van der Waals surface area (Å²) >= 11 is 0. The Kier molecular flexibility index (Phi) is 4.58. The van der Waals surface area contributed by atoms with Crippen molar-refractivity contribution in [3.05, 3.63) is 0 Å². The summed E-state index contributed by atoms with van der Waals surface area (Å²) in [6.07, 6.45) is 4.80. The minimum Gasteiger partial charge on any atom is -0.347 e. The Morgan fingerprint density at radius 1 is 1.17 bits per heavy atom. The Bertz CT molecular complexity index is 307. The Labute approximate surface area is 108 Å².